The number of fused-ring (bicyclic) bond motifs is 1. The molecule has 0 aromatic rings. The van der Waals surface area contributed by atoms with Gasteiger partial charge in [0.25, 0.3) is 0 Å². The molecule has 0 aromatic heterocycles. The summed E-state index contributed by atoms with van der Waals surface area (Å²) in [6.07, 6.45) is 0.674. The van der Waals surface area contributed by atoms with Crippen molar-refractivity contribution in [1.82, 2.24) is 4.31 Å². The third-order valence-electron chi connectivity index (χ3n) is 3.75. The molecular weight excluding hydrogens is 270 g/mol. The highest BCUT2D eigenvalue weighted by molar-refractivity contribution is 8.03. The lowest BCUT2D eigenvalue weighted by Crippen LogP contribution is -2.45. The topological polar surface area (TPSA) is 46.6 Å². The SMILES string of the molecule is CC(Cl)OC1C2CC3C(S2)C1N(C)S3(=O)=O. The third-order valence-corrected chi connectivity index (χ3v) is 8.06. The van der Waals surface area contributed by atoms with E-state index in [9.17, 15) is 8.42 Å². The normalized spacial score (nSPS) is 51.1. The molecule has 6 unspecified atom stereocenters. The number of likely N-dealkylation sites (N-methyl/N-ethyl adjacent to an activating group) is 1. The summed E-state index contributed by atoms with van der Waals surface area (Å²) in [5.74, 6) is 0. The quantitative estimate of drug-likeness (QED) is 0.705. The minimum absolute atomic E-state index is 0.0139. The number of nitrogens with zero attached hydrogens (tertiary/aromatic N) is 1. The summed E-state index contributed by atoms with van der Waals surface area (Å²) < 4.78 is 31.3. The predicted octanol–water partition coefficient (Wildman–Crippen LogP) is 0.857. The van der Waals surface area contributed by atoms with Gasteiger partial charge in [0.15, 0.2) is 0 Å². The van der Waals surface area contributed by atoms with Crippen LogP contribution in [0, 0.1) is 0 Å². The van der Waals surface area contributed by atoms with Gasteiger partial charge in [-0.25, -0.2) is 8.42 Å². The molecular formula is C9H14ClNO3S2. The van der Waals surface area contributed by atoms with Gasteiger partial charge in [-0.2, -0.15) is 4.31 Å². The predicted molar refractivity (Wildman–Crippen MR) is 64.2 cm³/mol. The van der Waals surface area contributed by atoms with Gasteiger partial charge >= 0.3 is 0 Å². The van der Waals surface area contributed by atoms with E-state index in [0.29, 0.717) is 11.7 Å². The second-order valence-electron chi connectivity index (χ2n) is 4.61. The zero-order chi connectivity index (χ0) is 11.7. The van der Waals surface area contributed by atoms with Crippen molar-refractivity contribution in [3.8, 4) is 0 Å². The molecule has 0 amide bonds. The van der Waals surface area contributed by atoms with Crippen molar-refractivity contribution in [2.75, 3.05) is 7.05 Å². The lowest BCUT2D eigenvalue weighted by Gasteiger charge is -2.28. The number of thioether (sulfide) groups is 1. The Hall–Kier alpha value is 0.510. The first kappa shape index (κ1) is 11.6. The number of ether oxygens (including phenoxy) is 1. The van der Waals surface area contributed by atoms with Crippen molar-refractivity contribution < 1.29 is 13.2 Å². The Bertz CT molecular complexity index is 413. The third kappa shape index (κ3) is 1.34. The van der Waals surface area contributed by atoms with Crippen LogP contribution in [0.2, 0.25) is 0 Å². The Morgan fingerprint density at radius 1 is 1.56 bits per heavy atom. The van der Waals surface area contributed by atoms with Gasteiger partial charge in [0.2, 0.25) is 10.0 Å². The number of rotatable bonds is 2. The van der Waals surface area contributed by atoms with Crippen molar-refractivity contribution >= 4 is 33.4 Å². The van der Waals surface area contributed by atoms with Crippen molar-refractivity contribution in [3.05, 3.63) is 0 Å². The summed E-state index contributed by atoms with van der Waals surface area (Å²) in [4.78, 5) is 0. The van der Waals surface area contributed by atoms with Gasteiger partial charge in [-0.3, -0.25) is 0 Å². The van der Waals surface area contributed by atoms with Crippen LogP contribution in [0.3, 0.4) is 0 Å². The molecule has 4 nitrogen and oxygen atoms in total. The number of alkyl halides is 1. The van der Waals surface area contributed by atoms with Crippen LogP contribution in [0.1, 0.15) is 13.3 Å². The van der Waals surface area contributed by atoms with Crippen molar-refractivity contribution in [3.63, 3.8) is 0 Å². The Morgan fingerprint density at radius 3 is 2.88 bits per heavy atom. The maximum atomic E-state index is 12.1. The Balaban J connectivity index is 1.94. The molecule has 0 saturated carbocycles. The smallest absolute Gasteiger partial charge is 0.218 e. The monoisotopic (exact) mass is 283 g/mol. The van der Waals surface area contributed by atoms with Crippen LogP contribution in [0.5, 0.6) is 0 Å². The summed E-state index contributed by atoms with van der Waals surface area (Å²) in [6, 6.07) is -0.0139. The van der Waals surface area contributed by atoms with Gasteiger partial charge in [-0.15, -0.1) is 11.8 Å². The molecule has 2 bridgehead atoms. The molecule has 3 saturated heterocycles. The molecule has 3 aliphatic heterocycles. The average molecular weight is 284 g/mol. The summed E-state index contributed by atoms with van der Waals surface area (Å²) in [6.45, 7) is 1.78. The molecule has 0 aromatic carbocycles. The number of sulfonamides is 1. The fourth-order valence-corrected chi connectivity index (χ4v) is 7.89. The highest BCUT2D eigenvalue weighted by Crippen LogP contribution is 2.56. The van der Waals surface area contributed by atoms with Gasteiger partial charge in [-0.1, -0.05) is 11.6 Å². The van der Waals surface area contributed by atoms with E-state index in [-0.39, 0.29) is 28.2 Å². The standard InChI is InChI=1S/C9H14ClNO3S2/c1-4(10)14-8-5-3-6-9(15-5)7(8)11(2)16(6,12)13/h4-9H,3H2,1-2H3. The highest BCUT2D eigenvalue weighted by atomic mass is 35.5. The number of hydrogen-bond donors (Lipinski definition) is 0. The van der Waals surface area contributed by atoms with E-state index in [1.165, 1.54) is 4.31 Å². The summed E-state index contributed by atoms with van der Waals surface area (Å²) >= 11 is 7.61. The number of hydrogen-bond acceptors (Lipinski definition) is 4. The van der Waals surface area contributed by atoms with E-state index >= 15 is 0 Å². The summed E-state index contributed by atoms with van der Waals surface area (Å²) in [5.41, 5.74) is -0.361. The van der Waals surface area contributed by atoms with Crippen molar-refractivity contribution in [2.45, 2.75) is 46.8 Å². The van der Waals surface area contributed by atoms with E-state index in [1.54, 1.807) is 25.7 Å². The molecule has 3 rings (SSSR count). The van der Waals surface area contributed by atoms with Crippen LogP contribution in [-0.4, -0.2) is 53.2 Å². The molecule has 16 heavy (non-hydrogen) atoms. The van der Waals surface area contributed by atoms with Crippen LogP contribution in [0.15, 0.2) is 0 Å². The van der Waals surface area contributed by atoms with Gasteiger partial charge in [0.05, 0.1) is 17.4 Å². The van der Waals surface area contributed by atoms with E-state index in [2.05, 4.69) is 0 Å². The Kier molecular flexibility index (Phi) is 2.54. The van der Waals surface area contributed by atoms with Crippen molar-refractivity contribution in [2.24, 2.45) is 0 Å². The Morgan fingerprint density at radius 2 is 2.25 bits per heavy atom. The maximum Gasteiger partial charge on any atom is 0.218 e. The molecule has 92 valence electrons. The molecule has 0 radical (unpaired) electrons. The van der Waals surface area contributed by atoms with Crippen molar-refractivity contribution in [1.29, 1.82) is 0 Å². The summed E-state index contributed by atoms with van der Waals surface area (Å²) in [5, 5.41) is 0.282. The van der Waals surface area contributed by atoms with Crippen LogP contribution >= 0.6 is 23.4 Å². The Labute approximate surface area is 105 Å². The fourth-order valence-electron chi connectivity index (χ4n) is 3.10. The lowest BCUT2D eigenvalue weighted by molar-refractivity contribution is 0.00201. The van der Waals surface area contributed by atoms with E-state index in [4.69, 9.17) is 16.3 Å². The molecule has 3 fully saturated rings. The van der Waals surface area contributed by atoms with Crippen LogP contribution < -0.4 is 0 Å². The van der Waals surface area contributed by atoms with Crippen LogP contribution in [0.4, 0.5) is 0 Å². The second-order valence-corrected chi connectivity index (χ2v) is 8.86. The van der Waals surface area contributed by atoms with Crippen LogP contribution in [0.25, 0.3) is 0 Å². The maximum absolute atomic E-state index is 12.1. The van der Waals surface area contributed by atoms with E-state index in [1.807, 2.05) is 0 Å². The fraction of sp³-hybridized carbons (Fsp3) is 1.00. The highest BCUT2D eigenvalue weighted by Gasteiger charge is 2.66. The first-order valence-electron chi connectivity index (χ1n) is 5.35. The second kappa shape index (κ2) is 3.51. The molecule has 6 atom stereocenters. The zero-order valence-electron chi connectivity index (χ0n) is 9.04. The van der Waals surface area contributed by atoms with E-state index in [0.717, 1.165) is 0 Å². The first-order valence-corrected chi connectivity index (χ1v) is 8.23. The molecule has 3 heterocycles. The summed E-state index contributed by atoms with van der Waals surface area (Å²) in [7, 11) is -1.43. The number of halogens is 1. The molecule has 0 N–H and O–H groups in total. The largest absolute Gasteiger partial charge is 0.357 e. The molecule has 0 aliphatic carbocycles. The van der Waals surface area contributed by atoms with E-state index < -0.39 is 10.0 Å². The minimum atomic E-state index is -3.09. The van der Waals surface area contributed by atoms with Crippen LogP contribution in [-0.2, 0) is 14.8 Å². The van der Waals surface area contributed by atoms with Gasteiger partial charge in [0.1, 0.15) is 5.56 Å². The van der Waals surface area contributed by atoms with Gasteiger partial charge in [-0.05, 0) is 13.3 Å². The van der Waals surface area contributed by atoms with Gasteiger partial charge in [0, 0.05) is 17.5 Å². The molecule has 3 aliphatic rings. The zero-order valence-corrected chi connectivity index (χ0v) is 11.4. The van der Waals surface area contributed by atoms with Gasteiger partial charge < -0.3 is 4.74 Å². The average Bonchev–Trinajstić information content (AvgIpc) is 2.75. The molecule has 0 spiro atoms. The molecule has 7 heteroatoms. The first-order chi connectivity index (χ1) is 7.43. The lowest BCUT2D eigenvalue weighted by atomic mass is 9.92. The minimum Gasteiger partial charge on any atom is -0.357 e.